The molecule has 1 heterocycles. The zero-order chi connectivity index (χ0) is 12.1. The van der Waals surface area contributed by atoms with E-state index in [-0.39, 0.29) is 12.0 Å². The number of carbonyl (C=O) groups excluding carboxylic acids is 1. The molecule has 0 saturated carbocycles. The summed E-state index contributed by atoms with van der Waals surface area (Å²) in [6, 6.07) is 0.877. The van der Waals surface area contributed by atoms with E-state index >= 15 is 0 Å². The fourth-order valence-electron chi connectivity index (χ4n) is 2.07. The second kappa shape index (κ2) is 6.21. The predicted molar refractivity (Wildman–Crippen MR) is 64.3 cm³/mol. The third-order valence-electron chi connectivity index (χ3n) is 3.51. The maximum absolute atomic E-state index is 11.2. The van der Waals surface area contributed by atoms with Gasteiger partial charge in [0, 0.05) is 39.2 Å². The van der Waals surface area contributed by atoms with Gasteiger partial charge >= 0.3 is 0 Å². The first kappa shape index (κ1) is 13.5. The molecule has 16 heavy (non-hydrogen) atoms. The number of ether oxygens (including phenoxy) is 1. The Balaban J connectivity index is 2.29. The lowest BCUT2D eigenvalue weighted by Gasteiger charge is -2.34. The summed E-state index contributed by atoms with van der Waals surface area (Å²) >= 11 is 0. The van der Waals surface area contributed by atoms with E-state index in [4.69, 9.17) is 4.74 Å². The van der Waals surface area contributed by atoms with Crippen LogP contribution in [0.4, 0.5) is 0 Å². The highest BCUT2D eigenvalue weighted by atomic mass is 16.5. The smallest absolute Gasteiger partial charge is 0.219 e. The molecule has 0 bridgehead atoms. The second-order valence-electron chi connectivity index (χ2n) is 4.68. The van der Waals surface area contributed by atoms with Crippen LogP contribution >= 0.6 is 0 Å². The molecule has 2 unspecified atom stereocenters. The summed E-state index contributed by atoms with van der Waals surface area (Å²) in [5.74, 6) is 0.191. The van der Waals surface area contributed by atoms with Gasteiger partial charge < -0.3 is 15.0 Å². The fraction of sp³-hybridized carbons (Fsp3) is 0.917. The first-order valence-electron chi connectivity index (χ1n) is 6.09. The van der Waals surface area contributed by atoms with Gasteiger partial charge in [-0.25, -0.2) is 0 Å². The summed E-state index contributed by atoms with van der Waals surface area (Å²) in [4.78, 5) is 13.1. The fourth-order valence-corrected chi connectivity index (χ4v) is 2.07. The van der Waals surface area contributed by atoms with Crippen LogP contribution < -0.4 is 5.32 Å². The first-order chi connectivity index (χ1) is 7.54. The molecular weight excluding hydrogens is 204 g/mol. The zero-order valence-electron chi connectivity index (χ0n) is 10.8. The van der Waals surface area contributed by atoms with Crippen LogP contribution in [-0.4, -0.2) is 49.2 Å². The van der Waals surface area contributed by atoms with Crippen molar-refractivity contribution >= 4 is 5.91 Å². The van der Waals surface area contributed by atoms with Crippen molar-refractivity contribution in [1.82, 2.24) is 10.2 Å². The van der Waals surface area contributed by atoms with Crippen molar-refractivity contribution in [2.24, 2.45) is 0 Å². The molecule has 0 aromatic heterocycles. The molecule has 0 aromatic rings. The van der Waals surface area contributed by atoms with Crippen molar-refractivity contribution < 1.29 is 9.53 Å². The van der Waals surface area contributed by atoms with Gasteiger partial charge in [-0.2, -0.15) is 0 Å². The Morgan fingerprint density at radius 3 is 2.38 bits per heavy atom. The van der Waals surface area contributed by atoms with E-state index in [0.717, 1.165) is 25.9 Å². The van der Waals surface area contributed by atoms with Gasteiger partial charge in [0.15, 0.2) is 0 Å². The number of carbonyl (C=O) groups is 1. The summed E-state index contributed by atoms with van der Waals surface area (Å²) < 4.78 is 5.29. The summed E-state index contributed by atoms with van der Waals surface area (Å²) in [6.07, 6.45) is 2.31. The molecule has 1 aliphatic heterocycles. The van der Waals surface area contributed by atoms with E-state index in [0.29, 0.717) is 12.1 Å². The van der Waals surface area contributed by atoms with Crippen molar-refractivity contribution in [3.63, 3.8) is 0 Å². The number of hydrogen-bond acceptors (Lipinski definition) is 3. The molecule has 1 amide bonds. The number of nitrogens with zero attached hydrogens (tertiary/aromatic N) is 1. The number of rotatable bonds is 4. The Hall–Kier alpha value is -0.610. The van der Waals surface area contributed by atoms with Gasteiger partial charge in [0.2, 0.25) is 5.91 Å². The lowest BCUT2D eigenvalue weighted by molar-refractivity contribution is -0.129. The third kappa shape index (κ3) is 3.76. The van der Waals surface area contributed by atoms with Crippen LogP contribution in [0.2, 0.25) is 0 Å². The largest absolute Gasteiger partial charge is 0.380 e. The van der Waals surface area contributed by atoms with E-state index in [2.05, 4.69) is 19.2 Å². The molecule has 0 spiro atoms. The van der Waals surface area contributed by atoms with Gasteiger partial charge in [-0.3, -0.25) is 4.79 Å². The summed E-state index contributed by atoms with van der Waals surface area (Å²) in [5, 5.41) is 3.57. The maximum Gasteiger partial charge on any atom is 0.219 e. The number of methoxy groups -OCH3 is 1. The lowest BCUT2D eigenvalue weighted by Crippen LogP contribution is -2.49. The standard InChI is InChI=1S/C12H24N2O2/c1-9(10(2)16-4)13-12-5-7-14(8-6-12)11(3)15/h9-10,12-13H,5-8H2,1-4H3. The van der Waals surface area contributed by atoms with Gasteiger partial charge in [0.05, 0.1) is 6.10 Å². The maximum atomic E-state index is 11.2. The Morgan fingerprint density at radius 2 is 1.94 bits per heavy atom. The summed E-state index contributed by atoms with van der Waals surface area (Å²) in [7, 11) is 1.74. The molecule has 1 N–H and O–H groups in total. The van der Waals surface area contributed by atoms with Crippen molar-refractivity contribution in [2.45, 2.75) is 51.8 Å². The molecule has 1 aliphatic rings. The number of amides is 1. The van der Waals surface area contributed by atoms with Crippen LogP contribution in [0.1, 0.15) is 33.6 Å². The van der Waals surface area contributed by atoms with Crippen molar-refractivity contribution in [2.75, 3.05) is 20.2 Å². The first-order valence-corrected chi connectivity index (χ1v) is 6.09. The Kier molecular flexibility index (Phi) is 5.22. The van der Waals surface area contributed by atoms with E-state index in [1.165, 1.54) is 0 Å². The van der Waals surface area contributed by atoms with E-state index < -0.39 is 0 Å². The lowest BCUT2D eigenvalue weighted by atomic mass is 10.0. The van der Waals surface area contributed by atoms with Gasteiger partial charge in [-0.05, 0) is 26.7 Å². The van der Waals surface area contributed by atoms with Crippen LogP contribution in [0.15, 0.2) is 0 Å². The molecule has 2 atom stereocenters. The minimum atomic E-state index is 0.191. The molecule has 1 fully saturated rings. The topological polar surface area (TPSA) is 41.6 Å². The van der Waals surface area contributed by atoms with Crippen molar-refractivity contribution in [1.29, 1.82) is 0 Å². The normalized spacial score (nSPS) is 21.9. The van der Waals surface area contributed by atoms with Crippen molar-refractivity contribution in [3.05, 3.63) is 0 Å². The van der Waals surface area contributed by atoms with Crippen molar-refractivity contribution in [3.8, 4) is 0 Å². The molecule has 0 aromatic carbocycles. The van der Waals surface area contributed by atoms with Crippen LogP contribution in [0.5, 0.6) is 0 Å². The average molecular weight is 228 g/mol. The van der Waals surface area contributed by atoms with E-state index in [1.54, 1.807) is 14.0 Å². The Morgan fingerprint density at radius 1 is 1.38 bits per heavy atom. The van der Waals surface area contributed by atoms with Crippen LogP contribution in [0.3, 0.4) is 0 Å². The highest BCUT2D eigenvalue weighted by molar-refractivity contribution is 5.73. The molecule has 4 nitrogen and oxygen atoms in total. The van der Waals surface area contributed by atoms with Gasteiger partial charge in [0.1, 0.15) is 0 Å². The average Bonchev–Trinajstić information content (AvgIpc) is 2.28. The van der Waals surface area contributed by atoms with Gasteiger partial charge in [-0.1, -0.05) is 0 Å². The SMILES string of the molecule is COC(C)C(C)NC1CCN(C(C)=O)CC1. The number of piperidine rings is 1. The highest BCUT2D eigenvalue weighted by Crippen LogP contribution is 2.12. The molecule has 1 rings (SSSR count). The van der Waals surface area contributed by atoms with Crippen LogP contribution in [0, 0.1) is 0 Å². The van der Waals surface area contributed by atoms with Crippen LogP contribution in [-0.2, 0) is 9.53 Å². The monoisotopic (exact) mass is 228 g/mol. The van der Waals surface area contributed by atoms with Gasteiger partial charge in [0.25, 0.3) is 0 Å². The zero-order valence-corrected chi connectivity index (χ0v) is 10.8. The summed E-state index contributed by atoms with van der Waals surface area (Å²) in [5.41, 5.74) is 0. The van der Waals surface area contributed by atoms with Gasteiger partial charge in [-0.15, -0.1) is 0 Å². The number of nitrogens with one attached hydrogen (secondary N) is 1. The molecule has 1 saturated heterocycles. The molecule has 0 radical (unpaired) electrons. The van der Waals surface area contributed by atoms with Crippen LogP contribution in [0.25, 0.3) is 0 Å². The number of likely N-dealkylation sites (tertiary alicyclic amines) is 1. The minimum Gasteiger partial charge on any atom is -0.380 e. The minimum absolute atomic E-state index is 0.191. The third-order valence-corrected chi connectivity index (χ3v) is 3.51. The molecule has 0 aliphatic carbocycles. The summed E-state index contributed by atoms with van der Waals surface area (Å²) in [6.45, 7) is 7.61. The predicted octanol–water partition coefficient (Wildman–Crippen LogP) is 1.01. The van der Waals surface area contributed by atoms with E-state index in [9.17, 15) is 4.79 Å². The second-order valence-corrected chi connectivity index (χ2v) is 4.68. The molecular formula is C12H24N2O2. The quantitative estimate of drug-likeness (QED) is 0.781. The molecule has 94 valence electrons. The highest BCUT2D eigenvalue weighted by Gasteiger charge is 2.23. The molecule has 4 heteroatoms. The Bertz CT molecular complexity index is 225. The Labute approximate surface area is 98.3 Å². The number of hydrogen-bond donors (Lipinski definition) is 1. The van der Waals surface area contributed by atoms with E-state index in [1.807, 2.05) is 4.90 Å².